The Morgan fingerprint density at radius 1 is 1.43 bits per heavy atom. The molecule has 0 spiro atoms. The average Bonchev–Trinajstić information content (AvgIpc) is 2.16. The van der Waals surface area contributed by atoms with Gasteiger partial charge in [-0.2, -0.15) is 0 Å². The van der Waals surface area contributed by atoms with Crippen LogP contribution in [-0.2, 0) is 4.79 Å². The Morgan fingerprint density at radius 2 is 2.14 bits per heavy atom. The predicted octanol–water partition coefficient (Wildman–Crippen LogP) is 1.29. The minimum Gasteiger partial charge on any atom is -0.506 e. The molecule has 0 aromatic heterocycles. The van der Waals surface area contributed by atoms with Gasteiger partial charge in [0.05, 0.1) is 0 Å². The van der Waals surface area contributed by atoms with Crippen molar-refractivity contribution in [2.24, 2.45) is 0 Å². The number of phenols is 1. The maximum atomic E-state index is 10.2. The van der Waals surface area contributed by atoms with E-state index in [1.165, 1.54) is 24.3 Å². The Morgan fingerprint density at radius 3 is 2.71 bits per heavy atom. The summed E-state index contributed by atoms with van der Waals surface area (Å²) in [7, 11) is 0. The van der Waals surface area contributed by atoms with Gasteiger partial charge < -0.3 is 10.2 Å². The van der Waals surface area contributed by atoms with Crippen LogP contribution in [0.5, 0.6) is 5.75 Å². The molecular weight excluding hydrogens is 186 g/mol. The molecule has 0 heterocycles. The van der Waals surface area contributed by atoms with Crippen LogP contribution in [0.1, 0.15) is 5.56 Å². The number of aliphatic carboxylic acids is 1. The molecular formula is C9H9NO4. The molecule has 0 aliphatic rings. The minimum absolute atomic E-state index is 0.111. The molecule has 1 aromatic carbocycles. The lowest BCUT2D eigenvalue weighted by molar-refractivity contribution is -0.131. The van der Waals surface area contributed by atoms with E-state index in [1.807, 2.05) is 0 Å². The maximum absolute atomic E-state index is 10.2. The summed E-state index contributed by atoms with van der Waals surface area (Å²) in [5, 5.41) is 26.1. The number of phenolic OH excluding ortho intramolecular Hbond substituents is 1. The lowest BCUT2D eigenvalue weighted by atomic mass is 10.2. The lowest BCUT2D eigenvalue weighted by Crippen LogP contribution is -1.90. The van der Waals surface area contributed by atoms with Crippen LogP contribution in [0.15, 0.2) is 24.3 Å². The number of aromatic hydroxyl groups is 1. The summed E-state index contributed by atoms with van der Waals surface area (Å²) in [4.78, 5) is 10.2. The average molecular weight is 195 g/mol. The largest absolute Gasteiger partial charge is 0.506 e. The van der Waals surface area contributed by atoms with Gasteiger partial charge in [0, 0.05) is 6.08 Å². The van der Waals surface area contributed by atoms with Crippen molar-refractivity contribution < 1.29 is 20.2 Å². The SMILES string of the molecule is O=C(O)/C=C/c1ccc(O)c(NO)c1. The summed E-state index contributed by atoms with van der Waals surface area (Å²) in [6.07, 6.45) is 2.32. The number of benzene rings is 1. The number of carboxylic acid groups (broad SMARTS) is 1. The van der Waals surface area contributed by atoms with E-state index >= 15 is 0 Å². The van der Waals surface area contributed by atoms with Crippen molar-refractivity contribution in [1.29, 1.82) is 0 Å². The molecule has 1 aromatic rings. The molecule has 5 heteroatoms. The molecule has 0 fully saturated rings. The van der Waals surface area contributed by atoms with Gasteiger partial charge in [0.2, 0.25) is 0 Å². The Labute approximate surface area is 79.9 Å². The van der Waals surface area contributed by atoms with E-state index in [-0.39, 0.29) is 11.4 Å². The molecule has 0 atom stereocenters. The third-order valence-corrected chi connectivity index (χ3v) is 1.56. The first kappa shape index (κ1) is 10.1. The fourth-order valence-corrected chi connectivity index (χ4v) is 0.914. The van der Waals surface area contributed by atoms with E-state index in [0.717, 1.165) is 6.08 Å². The van der Waals surface area contributed by atoms with Gasteiger partial charge in [0.25, 0.3) is 0 Å². The molecule has 0 aliphatic carbocycles. The van der Waals surface area contributed by atoms with Gasteiger partial charge in [0.15, 0.2) is 0 Å². The zero-order valence-electron chi connectivity index (χ0n) is 7.14. The van der Waals surface area contributed by atoms with Crippen LogP contribution in [-0.4, -0.2) is 21.4 Å². The van der Waals surface area contributed by atoms with Crippen molar-refractivity contribution in [3.8, 4) is 5.75 Å². The van der Waals surface area contributed by atoms with E-state index in [4.69, 9.17) is 15.4 Å². The smallest absolute Gasteiger partial charge is 0.328 e. The highest BCUT2D eigenvalue weighted by atomic mass is 16.5. The topological polar surface area (TPSA) is 89.8 Å². The fraction of sp³-hybridized carbons (Fsp3) is 0. The zero-order valence-corrected chi connectivity index (χ0v) is 7.14. The Hall–Kier alpha value is -2.01. The predicted molar refractivity (Wildman–Crippen MR) is 50.2 cm³/mol. The number of rotatable bonds is 3. The molecule has 0 bridgehead atoms. The molecule has 4 N–H and O–H groups in total. The van der Waals surface area contributed by atoms with Crippen LogP contribution in [0, 0.1) is 0 Å². The number of carboxylic acids is 1. The van der Waals surface area contributed by atoms with Crippen LogP contribution in [0.3, 0.4) is 0 Å². The second-order valence-electron chi connectivity index (χ2n) is 2.56. The highest BCUT2D eigenvalue weighted by molar-refractivity contribution is 5.85. The summed E-state index contributed by atoms with van der Waals surface area (Å²) in [6, 6.07) is 4.28. The van der Waals surface area contributed by atoms with E-state index in [9.17, 15) is 4.79 Å². The summed E-state index contributed by atoms with van der Waals surface area (Å²) in [5.41, 5.74) is 2.47. The quantitative estimate of drug-likeness (QED) is 0.331. The molecule has 14 heavy (non-hydrogen) atoms. The standard InChI is InChI=1S/C9H9NO4/c11-8-3-1-6(2-4-9(12)13)5-7(8)10-14/h1-5,10-11,14H,(H,12,13)/b4-2+. The molecule has 0 aliphatic heterocycles. The second kappa shape index (κ2) is 4.29. The number of nitrogens with one attached hydrogen (secondary N) is 1. The van der Waals surface area contributed by atoms with E-state index in [2.05, 4.69) is 0 Å². The molecule has 0 saturated heterocycles. The summed E-state index contributed by atoms with van der Waals surface area (Å²) in [5.74, 6) is -1.17. The summed E-state index contributed by atoms with van der Waals surface area (Å²) >= 11 is 0. The normalized spacial score (nSPS) is 10.4. The van der Waals surface area contributed by atoms with Crippen molar-refractivity contribution >= 4 is 17.7 Å². The molecule has 5 nitrogen and oxygen atoms in total. The highest BCUT2D eigenvalue weighted by Crippen LogP contribution is 2.23. The van der Waals surface area contributed by atoms with Crippen molar-refractivity contribution in [2.45, 2.75) is 0 Å². The maximum Gasteiger partial charge on any atom is 0.328 e. The van der Waals surface area contributed by atoms with Crippen molar-refractivity contribution in [1.82, 2.24) is 0 Å². The molecule has 0 saturated carbocycles. The van der Waals surface area contributed by atoms with Crippen LogP contribution >= 0.6 is 0 Å². The highest BCUT2D eigenvalue weighted by Gasteiger charge is 1.99. The molecule has 0 unspecified atom stereocenters. The fourth-order valence-electron chi connectivity index (χ4n) is 0.914. The Kier molecular flexibility index (Phi) is 3.09. The molecule has 0 radical (unpaired) electrons. The van der Waals surface area contributed by atoms with E-state index < -0.39 is 5.97 Å². The zero-order chi connectivity index (χ0) is 10.6. The Bertz CT molecular complexity index is 373. The number of anilines is 1. The number of hydrogen-bond donors (Lipinski definition) is 4. The van der Waals surface area contributed by atoms with Gasteiger partial charge in [-0.25, -0.2) is 4.79 Å². The van der Waals surface area contributed by atoms with Crippen LogP contribution in [0.4, 0.5) is 5.69 Å². The second-order valence-corrected chi connectivity index (χ2v) is 2.56. The Balaban J connectivity index is 2.95. The molecule has 0 amide bonds. The third kappa shape index (κ3) is 2.49. The van der Waals surface area contributed by atoms with Gasteiger partial charge in [-0.1, -0.05) is 6.07 Å². The first-order valence-electron chi connectivity index (χ1n) is 3.77. The third-order valence-electron chi connectivity index (χ3n) is 1.56. The lowest BCUT2D eigenvalue weighted by Gasteiger charge is -2.02. The van der Waals surface area contributed by atoms with Gasteiger partial charge in [0.1, 0.15) is 11.4 Å². The summed E-state index contributed by atoms with van der Waals surface area (Å²) in [6.45, 7) is 0. The van der Waals surface area contributed by atoms with Crippen molar-refractivity contribution in [3.63, 3.8) is 0 Å². The first-order valence-corrected chi connectivity index (χ1v) is 3.77. The first-order chi connectivity index (χ1) is 6.63. The molecule has 1 rings (SSSR count). The molecule has 74 valence electrons. The van der Waals surface area contributed by atoms with Crippen LogP contribution in [0.2, 0.25) is 0 Å². The summed E-state index contributed by atoms with van der Waals surface area (Å²) < 4.78 is 0. The van der Waals surface area contributed by atoms with Crippen LogP contribution in [0.25, 0.3) is 6.08 Å². The van der Waals surface area contributed by atoms with Crippen molar-refractivity contribution in [2.75, 3.05) is 5.48 Å². The van der Waals surface area contributed by atoms with Crippen LogP contribution < -0.4 is 5.48 Å². The van der Waals surface area contributed by atoms with Gasteiger partial charge in [-0.05, 0) is 23.8 Å². The van der Waals surface area contributed by atoms with Gasteiger partial charge in [-0.3, -0.25) is 10.7 Å². The minimum atomic E-state index is -1.06. The number of hydrogen-bond acceptors (Lipinski definition) is 4. The van der Waals surface area contributed by atoms with Crippen molar-refractivity contribution in [3.05, 3.63) is 29.8 Å². The monoisotopic (exact) mass is 195 g/mol. The van der Waals surface area contributed by atoms with E-state index in [1.54, 1.807) is 5.48 Å². The van der Waals surface area contributed by atoms with E-state index in [0.29, 0.717) is 5.56 Å². The van der Waals surface area contributed by atoms with Gasteiger partial charge >= 0.3 is 5.97 Å². The number of carbonyl (C=O) groups is 1. The van der Waals surface area contributed by atoms with Gasteiger partial charge in [-0.15, -0.1) is 0 Å².